The van der Waals surface area contributed by atoms with Gasteiger partial charge in [0.25, 0.3) is 11.8 Å². The van der Waals surface area contributed by atoms with E-state index in [1.165, 1.54) is 11.3 Å². The van der Waals surface area contributed by atoms with Gasteiger partial charge in [-0.3, -0.25) is 19.6 Å². The summed E-state index contributed by atoms with van der Waals surface area (Å²) in [5, 5.41) is 16.1. The lowest BCUT2D eigenvalue weighted by atomic mass is 10.1. The van der Waals surface area contributed by atoms with Crippen LogP contribution in [-0.2, 0) is 13.1 Å². The highest BCUT2D eigenvalue weighted by Crippen LogP contribution is 2.21. The number of nitrogens with zero attached hydrogens (tertiary/aromatic N) is 5. The lowest BCUT2D eigenvalue weighted by molar-refractivity contribution is 0.0785. The third-order valence-electron chi connectivity index (χ3n) is 5.60. The van der Waals surface area contributed by atoms with Crippen LogP contribution in [0.5, 0.6) is 0 Å². The number of hydrogen-bond donors (Lipinski definition) is 1. The van der Waals surface area contributed by atoms with Crippen LogP contribution >= 0.6 is 11.3 Å². The van der Waals surface area contributed by atoms with Crippen LogP contribution in [0.25, 0.3) is 10.9 Å². The minimum atomic E-state index is -0.334. The van der Waals surface area contributed by atoms with Crippen LogP contribution in [0.15, 0.2) is 84.4 Å². The van der Waals surface area contributed by atoms with E-state index in [4.69, 9.17) is 0 Å². The molecule has 0 saturated carbocycles. The monoisotopic (exact) mass is 482 g/mol. The number of amides is 2. The number of carbonyl (C=O) groups excluding carboxylic acids is 2. The van der Waals surface area contributed by atoms with E-state index >= 15 is 0 Å². The molecule has 0 fully saturated rings. The lowest BCUT2D eigenvalue weighted by Crippen LogP contribution is -2.26. The molecule has 174 valence electrons. The molecule has 0 unspecified atom stereocenters. The smallest absolute Gasteiger partial charge is 0.278 e. The number of anilines is 1. The molecule has 5 rings (SSSR count). The van der Waals surface area contributed by atoms with Crippen molar-refractivity contribution in [2.75, 3.05) is 12.4 Å². The molecule has 0 atom stereocenters. The second-order valence-corrected chi connectivity index (χ2v) is 8.90. The van der Waals surface area contributed by atoms with Crippen LogP contribution in [0.1, 0.15) is 32.0 Å². The fourth-order valence-electron chi connectivity index (χ4n) is 3.87. The first-order valence-electron chi connectivity index (χ1n) is 11.0. The molecule has 3 aromatic carbocycles. The Morgan fingerprint density at radius 2 is 1.69 bits per heavy atom. The van der Waals surface area contributed by atoms with Crippen molar-refractivity contribution in [1.29, 1.82) is 0 Å². The number of benzene rings is 3. The Morgan fingerprint density at radius 1 is 0.943 bits per heavy atom. The largest absolute Gasteiger partial charge is 0.337 e. The van der Waals surface area contributed by atoms with Crippen molar-refractivity contribution >= 4 is 39.2 Å². The average Bonchev–Trinajstić information content (AvgIpc) is 3.53. The van der Waals surface area contributed by atoms with Crippen LogP contribution in [-0.4, -0.2) is 43.7 Å². The van der Waals surface area contributed by atoms with Gasteiger partial charge in [-0.2, -0.15) is 5.10 Å². The van der Waals surface area contributed by atoms with E-state index in [0.29, 0.717) is 29.5 Å². The summed E-state index contributed by atoms with van der Waals surface area (Å²) in [6, 6.07) is 25.0. The quantitative estimate of drug-likeness (QED) is 0.370. The number of hydrogen-bond acceptors (Lipinski definition) is 6. The maximum atomic E-state index is 12.9. The zero-order chi connectivity index (χ0) is 24.2. The van der Waals surface area contributed by atoms with Gasteiger partial charge in [0.05, 0.1) is 12.1 Å². The summed E-state index contributed by atoms with van der Waals surface area (Å²) in [4.78, 5) is 27.4. The summed E-state index contributed by atoms with van der Waals surface area (Å²) in [5.41, 5.74) is 5.39. The van der Waals surface area contributed by atoms with Crippen molar-refractivity contribution in [1.82, 2.24) is 24.9 Å². The number of para-hydroxylation sites is 1. The van der Waals surface area contributed by atoms with Crippen molar-refractivity contribution < 1.29 is 9.59 Å². The van der Waals surface area contributed by atoms with Crippen molar-refractivity contribution in [2.24, 2.45) is 0 Å². The van der Waals surface area contributed by atoms with Crippen LogP contribution in [0.4, 0.5) is 5.13 Å². The van der Waals surface area contributed by atoms with E-state index in [-0.39, 0.29) is 11.8 Å². The summed E-state index contributed by atoms with van der Waals surface area (Å²) in [7, 11) is 1.80. The summed E-state index contributed by atoms with van der Waals surface area (Å²) >= 11 is 1.25. The highest BCUT2D eigenvalue weighted by Gasteiger charge is 2.18. The van der Waals surface area contributed by atoms with Crippen molar-refractivity contribution in [3.05, 3.63) is 107 Å². The first-order valence-corrected chi connectivity index (χ1v) is 11.9. The molecular formula is C26H22N6O2S. The Labute approximate surface area is 205 Å². The normalized spacial score (nSPS) is 10.9. The van der Waals surface area contributed by atoms with Gasteiger partial charge in [0.15, 0.2) is 5.69 Å². The Bertz CT molecular complexity index is 1460. The summed E-state index contributed by atoms with van der Waals surface area (Å²) in [6.45, 7) is 1.00. The van der Waals surface area contributed by atoms with Crippen molar-refractivity contribution in [2.45, 2.75) is 13.1 Å². The minimum absolute atomic E-state index is 0.0411. The van der Waals surface area contributed by atoms with E-state index in [2.05, 4.69) is 20.6 Å². The molecule has 9 heteroatoms. The van der Waals surface area contributed by atoms with Gasteiger partial charge in [-0.15, -0.1) is 10.2 Å². The molecule has 0 bridgehead atoms. The van der Waals surface area contributed by atoms with Crippen molar-refractivity contribution in [3.8, 4) is 0 Å². The Balaban J connectivity index is 1.33. The molecule has 0 spiro atoms. The van der Waals surface area contributed by atoms with Crippen LogP contribution in [0.3, 0.4) is 0 Å². The zero-order valence-electron chi connectivity index (χ0n) is 19.0. The number of rotatable bonds is 7. The van der Waals surface area contributed by atoms with Gasteiger partial charge in [0.2, 0.25) is 5.13 Å². The fraction of sp³-hybridized carbons (Fsp3) is 0.115. The van der Waals surface area contributed by atoms with E-state index in [0.717, 1.165) is 22.0 Å². The van der Waals surface area contributed by atoms with Gasteiger partial charge in [0, 0.05) is 24.5 Å². The zero-order valence-corrected chi connectivity index (χ0v) is 19.8. The molecule has 5 aromatic rings. The van der Waals surface area contributed by atoms with Crippen LogP contribution < -0.4 is 5.32 Å². The molecular weight excluding hydrogens is 460 g/mol. The van der Waals surface area contributed by atoms with E-state index in [1.54, 1.807) is 22.1 Å². The SMILES string of the molecule is CN(Cc1ccccc1)C(=O)c1ccc(Cn2nc(C(=O)Nc3nncs3)c3ccccc32)cc1. The second-order valence-electron chi connectivity index (χ2n) is 8.07. The first-order chi connectivity index (χ1) is 17.1. The Hall–Kier alpha value is -4.37. The summed E-state index contributed by atoms with van der Waals surface area (Å²) in [6.07, 6.45) is 0. The number of aromatic nitrogens is 4. The third kappa shape index (κ3) is 4.95. The van der Waals surface area contributed by atoms with Gasteiger partial charge in [-0.1, -0.05) is 72.0 Å². The van der Waals surface area contributed by atoms with Gasteiger partial charge in [0.1, 0.15) is 5.51 Å². The first kappa shape index (κ1) is 22.4. The fourth-order valence-corrected chi connectivity index (χ4v) is 4.31. The van der Waals surface area contributed by atoms with Gasteiger partial charge < -0.3 is 4.90 Å². The van der Waals surface area contributed by atoms with Gasteiger partial charge >= 0.3 is 0 Å². The topological polar surface area (TPSA) is 93.0 Å². The minimum Gasteiger partial charge on any atom is -0.337 e. The standard InChI is InChI=1S/C26H22N6O2S/c1-31(15-18-7-3-2-4-8-18)25(34)20-13-11-19(12-14-20)16-32-22-10-6-5-9-21(22)23(30-32)24(33)28-26-29-27-17-35-26/h2-14,17H,15-16H2,1H3,(H,28,29,33). The molecule has 2 aromatic heterocycles. The second kappa shape index (κ2) is 9.86. The molecule has 0 aliphatic heterocycles. The molecule has 2 heterocycles. The Morgan fingerprint density at radius 3 is 2.43 bits per heavy atom. The molecule has 0 aliphatic carbocycles. The molecule has 0 radical (unpaired) electrons. The number of nitrogens with one attached hydrogen (secondary N) is 1. The van der Waals surface area contributed by atoms with E-state index < -0.39 is 0 Å². The average molecular weight is 483 g/mol. The van der Waals surface area contributed by atoms with Crippen molar-refractivity contribution in [3.63, 3.8) is 0 Å². The Kier molecular flexibility index (Phi) is 6.32. The van der Waals surface area contributed by atoms with Crippen LogP contribution in [0.2, 0.25) is 0 Å². The highest BCUT2D eigenvalue weighted by atomic mass is 32.1. The molecule has 2 amide bonds. The van der Waals surface area contributed by atoms with E-state index in [9.17, 15) is 9.59 Å². The predicted octanol–water partition coefficient (Wildman–Crippen LogP) is 4.46. The molecule has 35 heavy (non-hydrogen) atoms. The number of carbonyl (C=O) groups is 2. The molecule has 0 aliphatic rings. The van der Waals surface area contributed by atoms with Gasteiger partial charge in [-0.25, -0.2) is 0 Å². The summed E-state index contributed by atoms with van der Waals surface area (Å²) < 4.78 is 1.79. The maximum absolute atomic E-state index is 12.9. The summed E-state index contributed by atoms with van der Waals surface area (Å²) in [5.74, 6) is -0.375. The predicted molar refractivity (Wildman–Crippen MR) is 135 cm³/mol. The lowest BCUT2D eigenvalue weighted by Gasteiger charge is -2.17. The van der Waals surface area contributed by atoms with E-state index in [1.807, 2.05) is 78.9 Å². The molecule has 8 nitrogen and oxygen atoms in total. The maximum Gasteiger partial charge on any atom is 0.278 e. The molecule has 1 N–H and O–H groups in total. The van der Waals surface area contributed by atoms with Crippen LogP contribution in [0, 0.1) is 0 Å². The number of fused-ring (bicyclic) bond motifs is 1. The van der Waals surface area contributed by atoms with Gasteiger partial charge in [-0.05, 0) is 29.3 Å². The highest BCUT2D eigenvalue weighted by molar-refractivity contribution is 7.13. The third-order valence-corrected chi connectivity index (χ3v) is 6.20. The molecule has 0 saturated heterocycles.